The van der Waals surface area contributed by atoms with E-state index in [1.54, 1.807) is 12.1 Å². The molecule has 5 nitrogen and oxygen atoms in total. The molecule has 1 amide bonds. The van der Waals surface area contributed by atoms with E-state index < -0.39 is 5.97 Å². The van der Waals surface area contributed by atoms with Crippen LogP contribution in [-0.4, -0.2) is 25.0 Å². The number of hydrogen-bond donors (Lipinski definition) is 1. The van der Waals surface area contributed by atoms with Crippen LogP contribution in [0.1, 0.15) is 36.7 Å². The largest absolute Gasteiger partial charge is 0.452 e. The number of amides is 1. The zero-order valence-corrected chi connectivity index (χ0v) is 16.4. The van der Waals surface area contributed by atoms with Crippen molar-refractivity contribution in [3.63, 3.8) is 0 Å². The Bertz CT molecular complexity index is 762. The molecule has 1 N–H and O–H groups in total. The van der Waals surface area contributed by atoms with Gasteiger partial charge in [0.1, 0.15) is 5.76 Å². The minimum absolute atomic E-state index is 0.308. The molecule has 2 aromatic rings. The van der Waals surface area contributed by atoms with E-state index in [0.717, 1.165) is 12.0 Å². The summed E-state index contributed by atoms with van der Waals surface area (Å²) in [6.45, 7) is 4.49. The maximum Gasteiger partial charge on any atom is 0.331 e. The molecule has 0 aliphatic carbocycles. The molecule has 0 spiro atoms. The van der Waals surface area contributed by atoms with E-state index in [2.05, 4.69) is 59.4 Å². The summed E-state index contributed by atoms with van der Waals surface area (Å²) in [5, 5.41) is 2.74. The molecule has 26 heavy (non-hydrogen) atoms. The first kappa shape index (κ1) is 20.0. The number of rotatable bonds is 8. The average molecular weight is 420 g/mol. The molecule has 0 aliphatic heterocycles. The second kappa shape index (κ2) is 9.97. The highest BCUT2D eigenvalue weighted by molar-refractivity contribution is 9.10. The van der Waals surface area contributed by atoms with E-state index in [-0.39, 0.29) is 12.5 Å². The van der Waals surface area contributed by atoms with Gasteiger partial charge >= 0.3 is 5.97 Å². The number of carbonyl (C=O) groups is 2. The molecule has 0 saturated heterocycles. The summed E-state index contributed by atoms with van der Waals surface area (Å²) in [7, 11) is 0. The van der Waals surface area contributed by atoms with Crippen LogP contribution in [0.4, 0.5) is 0 Å². The van der Waals surface area contributed by atoms with E-state index >= 15 is 0 Å². The molecule has 2 rings (SSSR count). The third-order valence-electron chi connectivity index (χ3n) is 3.71. The number of carbonyl (C=O) groups excluding carboxylic acids is 2. The molecule has 6 heteroatoms. The third-order valence-corrected chi connectivity index (χ3v) is 4.13. The number of esters is 1. The van der Waals surface area contributed by atoms with E-state index in [4.69, 9.17) is 9.15 Å². The summed E-state index contributed by atoms with van der Waals surface area (Å²) in [5.74, 6) is 0.0896. The van der Waals surface area contributed by atoms with Crippen LogP contribution in [0.25, 0.3) is 6.08 Å². The minimum atomic E-state index is -0.600. The minimum Gasteiger partial charge on any atom is -0.452 e. The molecule has 0 bridgehead atoms. The van der Waals surface area contributed by atoms with Crippen LogP contribution in [0.15, 0.2) is 51.6 Å². The van der Waals surface area contributed by atoms with Crippen LogP contribution >= 0.6 is 15.9 Å². The molecular weight excluding hydrogens is 398 g/mol. The van der Waals surface area contributed by atoms with Gasteiger partial charge in [0.15, 0.2) is 11.3 Å². The standard InChI is InChI=1S/C20H22BrNO4/c1-14(2)16-5-3-15(4-6-16)11-12-22-19(23)13-25-20(24)10-8-17-7-9-18(21)26-17/h3-10,14H,11-13H2,1-2H3,(H,22,23)/b10-8+. The summed E-state index contributed by atoms with van der Waals surface area (Å²) in [4.78, 5) is 23.3. The fraction of sp³-hybridized carbons (Fsp3) is 0.300. The van der Waals surface area contributed by atoms with Crippen molar-refractivity contribution in [3.8, 4) is 0 Å². The Kier molecular flexibility index (Phi) is 7.66. The summed E-state index contributed by atoms with van der Waals surface area (Å²) < 4.78 is 10.7. The Balaban J connectivity index is 1.65. The fourth-order valence-electron chi connectivity index (χ4n) is 2.22. The van der Waals surface area contributed by atoms with Crippen LogP contribution in [0.5, 0.6) is 0 Å². The third kappa shape index (κ3) is 6.88. The van der Waals surface area contributed by atoms with Gasteiger partial charge in [-0.2, -0.15) is 0 Å². The van der Waals surface area contributed by atoms with Gasteiger partial charge in [0, 0.05) is 12.6 Å². The Hall–Kier alpha value is -2.34. The molecular formula is C20H22BrNO4. The van der Waals surface area contributed by atoms with Crippen molar-refractivity contribution >= 4 is 33.9 Å². The Morgan fingerprint density at radius 1 is 1.19 bits per heavy atom. The number of benzene rings is 1. The second-order valence-corrected chi connectivity index (χ2v) is 6.86. The van der Waals surface area contributed by atoms with Gasteiger partial charge in [0.2, 0.25) is 0 Å². The van der Waals surface area contributed by atoms with Gasteiger partial charge < -0.3 is 14.5 Å². The normalized spacial score (nSPS) is 11.1. The lowest BCUT2D eigenvalue weighted by Gasteiger charge is -2.08. The molecule has 1 aromatic heterocycles. The van der Waals surface area contributed by atoms with Crippen molar-refractivity contribution in [1.82, 2.24) is 5.32 Å². The second-order valence-electron chi connectivity index (χ2n) is 6.08. The van der Waals surface area contributed by atoms with Gasteiger partial charge in [-0.3, -0.25) is 4.79 Å². The van der Waals surface area contributed by atoms with Crippen LogP contribution < -0.4 is 5.32 Å². The van der Waals surface area contributed by atoms with Crippen molar-refractivity contribution in [2.75, 3.05) is 13.2 Å². The first-order chi connectivity index (χ1) is 12.4. The van der Waals surface area contributed by atoms with E-state index in [0.29, 0.717) is 22.9 Å². The molecule has 138 valence electrons. The number of nitrogens with one attached hydrogen (secondary N) is 1. The topological polar surface area (TPSA) is 68.5 Å². The zero-order chi connectivity index (χ0) is 18.9. The van der Waals surface area contributed by atoms with Crippen molar-refractivity contribution in [3.05, 3.63) is 64.0 Å². The lowest BCUT2D eigenvalue weighted by Crippen LogP contribution is -2.30. The Morgan fingerprint density at radius 2 is 1.92 bits per heavy atom. The van der Waals surface area contributed by atoms with Crippen LogP contribution in [0, 0.1) is 0 Å². The fourth-order valence-corrected chi connectivity index (χ4v) is 2.54. The number of ether oxygens (including phenoxy) is 1. The van der Waals surface area contributed by atoms with Gasteiger partial charge in [-0.25, -0.2) is 4.79 Å². The number of halogens is 1. The molecule has 0 radical (unpaired) electrons. The van der Waals surface area contributed by atoms with Crippen molar-refractivity contribution < 1.29 is 18.7 Å². The highest BCUT2D eigenvalue weighted by atomic mass is 79.9. The zero-order valence-electron chi connectivity index (χ0n) is 14.8. The van der Waals surface area contributed by atoms with Crippen LogP contribution in [0.3, 0.4) is 0 Å². The van der Waals surface area contributed by atoms with Gasteiger partial charge in [0.05, 0.1) is 0 Å². The maximum atomic E-state index is 11.7. The summed E-state index contributed by atoms with van der Waals surface area (Å²) in [6, 6.07) is 11.8. The SMILES string of the molecule is CC(C)c1ccc(CCNC(=O)COC(=O)/C=C/c2ccc(Br)o2)cc1. The van der Waals surface area contributed by atoms with Crippen molar-refractivity contribution in [2.45, 2.75) is 26.2 Å². The predicted octanol–water partition coefficient (Wildman–Crippen LogP) is 4.08. The van der Waals surface area contributed by atoms with E-state index in [9.17, 15) is 9.59 Å². The van der Waals surface area contributed by atoms with Gasteiger partial charge in [-0.1, -0.05) is 38.1 Å². The maximum absolute atomic E-state index is 11.7. The van der Waals surface area contributed by atoms with Gasteiger partial charge in [0.25, 0.3) is 5.91 Å². The van der Waals surface area contributed by atoms with Crippen LogP contribution in [0.2, 0.25) is 0 Å². The Morgan fingerprint density at radius 3 is 2.54 bits per heavy atom. The molecule has 0 saturated carbocycles. The Labute approximate surface area is 161 Å². The summed E-state index contributed by atoms with van der Waals surface area (Å²) in [6.07, 6.45) is 3.42. The molecule has 1 heterocycles. The highest BCUT2D eigenvalue weighted by Crippen LogP contribution is 2.15. The molecule has 1 aromatic carbocycles. The van der Waals surface area contributed by atoms with Crippen LogP contribution in [-0.2, 0) is 20.7 Å². The van der Waals surface area contributed by atoms with Gasteiger partial charge in [-0.05, 0) is 57.6 Å². The molecule has 0 unspecified atom stereocenters. The average Bonchev–Trinajstić information content (AvgIpc) is 3.04. The van der Waals surface area contributed by atoms with Gasteiger partial charge in [-0.15, -0.1) is 0 Å². The lowest BCUT2D eigenvalue weighted by atomic mass is 10.0. The summed E-state index contributed by atoms with van der Waals surface area (Å²) in [5.41, 5.74) is 2.44. The van der Waals surface area contributed by atoms with E-state index in [1.807, 2.05) is 0 Å². The van der Waals surface area contributed by atoms with Crippen molar-refractivity contribution in [1.29, 1.82) is 0 Å². The number of hydrogen-bond acceptors (Lipinski definition) is 4. The number of furan rings is 1. The first-order valence-corrected chi connectivity index (χ1v) is 9.19. The summed E-state index contributed by atoms with van der Waals surface area (Å²) >= 11 is 3.17. The monoisotopic (exact) mass is 419 g/mol. The molecule has 0 aliphatic rings. The first-order valence-electron chi connectivity index (χ1n) is 8.40. The van der Waals surface area contributed by atoms with E-state index in [1.165, 1.54) is 17.7 Å². The highest BCUT2D eigenvalue weighted by Gasteiger charge is 2.05. The predicted molar refractivity (Wildman–Crippen MR) is 104 cm³/mol. The quantitative estimate of drug-likeness (QED) is 0.516. The van der Waals surface area contributed by atoms with Crippen molar-refractivity contribution in [2.24, 2.45) is 0 Å². The molecule has 0 atom stereocenters. The molecule has 0 fully saturated rings. The smallest absolute Gasteiger partial charge is 0.331 e. The lowest BCUT2D eigenvalue weighted by molar-refractivity contribution is -0.143.